The second-order valence-electron chi connectivity index (χ2n) is 3.44. The predicted octanol–water partition coefficient (Wildman–Crippen LogP) is 1.55. The summed E-state index contributed by atoms with van der Waals surface area (Å²) in [6, 6.07) is 11.6. The van der Waals surface area contributed by atoms with Crippen LogP contribution in [0, 0.1) is 6.92 Å². The van der Waals surface area contributed by atoms with Crippen LogP contribution in [0.15, 0.2) is 36.4 Å². The first-order valence-corrected chi connectivity index (χ1v) is 5.17. The topological polar surface area (TPSA) is 47.3 Å². The third-order valence-corrected chi connectivity index (χ3v) is 2.14. The van der Waals surface area contributed by atoms with Gasteiger partial charge in [0.1, 0.15) is 6.61 Å². The van der Waals surface area contributed by atoms with E-state index in [9.17, 15) is 0 Å². The number of aliphatic hydroxyl groups is 1. The summed E-state index contributed by atoms with van der Waals surface area (Å²) in [4.78, 5) is 0. The zero-order valence-corrected chi connectivity index (χ0v) is 9.13. The van der Waals surface area contributed by atoms with Gasteiger partial charge in [-0.3, -0.25) is 0 Å². The number of hydrogen-bond acceptors (Lipinski definition) is 3. The van der Waals surface area contributed by atoms with Crippen molar-refractivity contribution in [1.29, 1.82) is 0 Å². The molecule has 0 saturated heterocycles. The molecule has 0 bridgehead atoms. The molecule has 0 saturated carbocycles. The fraction of sp³-hybridized carbons (Fsp3) is 0.250. The van der Waals surface area contributed by atoms with E-state index in [2.05, 4.69) is 5.10 Å². The van der Waals surface area contributed by atoms with Crippen LogP contribution in [-0.4, -0.2) is 28.1 Å². The summed E-state index contributed by atoms with van der Waals surface area (Å²) in [5.74, 6) is 0.651. The summed E-state index contributed by atoms with van der Waals surface area (Å²) in [5, 5.41) is 13.1. The Morgan fingerprint density at radius 2 is 2.06 bits per heavy atom. The number of hydrogen-bond donors (Lipinski definition) is 1. The molecule has 1 heterocycles. The number of aliphatic hydroxyl groups excluding tert-OH is 1. The molecule has 0 atom stereocenters. The zero-order chi connectivity index (χ0) is 11.4. The first-order valence-electron chi connectivity index (χ1n) is 5.17. The Kier molecular flexibility index (Phi) is 3.22. The normalized spacial score (nSPS) is 10.4. The lowest BCUT2D eigenvalue weighted by Gasteiger charge is -2.07. The van der Waals surface area contributed by atoms with E-state index in [1.54, 1.807) is 4.68 Å². The number of benzene rings is 1. The van der Waals surface area contributed by atoms with Crippen LogP contribution in [0.2, 0.25) is 0 Å². The SMILES string of the molecule is Cc1cc(OCCO)n(-c2ccccc2)n1. The molecule has 16 heavy (non-hydrogen) atoms. The van der Waals surface area contributed by atoms with Crippen molar-refractivity contribution in [1.82, 2.24) is 9.78 Å². The molecular weight excluding hydrogens is 204 g/mol. The summed E-state index contributed by atoms with van der Waals surface area (Å²) >= 11 is 0. The maximum Gasteiger partial charge on any atom is 0.216 e. The van der Waals surface area contributed by atoms with Crippen LogP contribution < -0.4 is 4.74 Å². The van der Waals surface area contributed by atoms with Gasteiger partial charge >= 0.3 is 0 Å². The molecular formula is C12H14N2O2. The van der Waals surface area contributed by atoms with Crippen molar-refractivity contribution in [3.05, 3.63) is 42.1 Å². The van der Waals surface area contributed by atoms with Gasteiger partial charge in [0, 0.05) is 6.07 Å². The number of aryl methyl sites for hydroxylation is 1. The number of rotatable bonds is 4. The van der Waals surface area contributed by atoms with Gasteiger partial charge in [-0.1, -0.05) is 18.2 Å². The average Bonchev–Trinajstić information content (AvgIpc) is 2.69. The van der Waals surface area contributed by atoms with Gasteiger partial charge in [0.25, 0.3) is 0 Å². The molecule has 1 N–H and O–H groups in total. The third-order valence-electron chi connectivity index (χ3n) is 2.14. The first-order chi connectivity index (χ1) is 7.81. The van der Waals surface area contributed by atoms with Crippen molar-refractivity contribution in [3.8, 4) is 11.6 Å². The van der Waals surface area contributed by atoms with Gasteiger partial charge < -0.3 is 9.84 Å². The van der Waals surface area contributed by atoms with E-state index in [1.165, 1.54) is 0 Å². The summed E-state index contributed by atoms with van der Waals surface area (Å²) < 4.78 is 7.14. The lowest BCUT2D eigenvalue weighted by molar-refractivity contribution is 0.193. The summed E-state index contributed by atoms with van der Waals surface area (Å²) in [6.45, 7) is 2.18. The van der Waals surface area contributed by atoms with Crippen LogP contribution in [0.3, 0.4) is 0 Å². The highest BCUT2D eigenvalue weighted by Gasteiger charge is 2.07. The maximum atomic E-state index is 8.74. The van der Waals surface area contributed by atoms with Gasteiger partial charge in [-0.05, 0) is 19.1 Å². The van der Waals surface area contributed by atoms with E-state index in [0.717, 1.165) is 11.4 Å². The fourth-order valence-corrected chi connectivity index (χ4v) is 1.48. The van der Waals surface area contributed by atoms with Gasteiger partial charge in [-0.25, -0.2) is 4.68 Å². The molecule has 0 fully saturated rings. The van der Waals surface area contributed by atoms with Gasteiger partial charge in [-0.2, -0.15) is 5.10 Å². The first kappa shape index (κ1) is 10.7. The molecule has 2 aromatic rings. The fourth-order valence-electron chi connectivity index (χ4n) is 1.48. The Bertz CT molecular complexity index is 451. The lowest BCUT2D eigenvalue weighted by Crippen LogP contribution is -2.06. The molecule has 1 aromatic carbocycles. The van der Waals surface area contributed by atoms with Gasteiger partial charge in [0.05, 0.1) is 18.0 Å². The smallest absolute Gasteiger partial charge is 0.216 e. The van der Waals surface area contributed by atoms with E-state index >= 15 is 0 Å². The Hall–Kier alpha value is -1.81. The van der Waals surface area contributed by atoms with Crippen LogP contribution >= 0.6 is 0 Å². The number of aromatic nitrogens is 2. The molecule has 1 aromatic heterocycles. The van der Waals surface area contributed by atoms with Gasteiger partial charge in [-0.15, -0.1) is 0 Å². The van der Waals surface area contributed by atoms with Crippen LogP contribution in [0.25, 0.3) is 5.69 Å². The van der Waals surface area contributed by atoms with Crippen molar-refractivity contribution < 1.29 is 9.84 Å². The molecule has 0 radical (unpaired) electrons. The van der Waals surface area contributed by atoms with Crippen LogP contribution in [0.1, 0.15) is 5.69 Å². The minimum absolute atomic E-state index is 0.000975. The summed E-state index contributed by atoms with van der Waals surface area (Å²) in [6.07, 6.45) is 0. The van der Waals surface area contributed by atoms with Crippen LogP contribution in [-0.2, 0) is 0 Å². The lowest BCUT2D eigenvalue weighted by atomic mass is 10.3. The van der Waals surface area contributed by atoms with Gasteiger partial charge in [0.2, 0.25) is 5.88 Å². The molecule has 4 heteroatoms. The van der Waals surface area contributed by atoms with E-state index < -0.39 is 0 Å². The molecule has 0 aliphatic carbocycles. The third kappa shape index (κ3) is 2.23. The molecule has 0 aliphatic rings. The standard InChI is InChI=1S/C12H14N2O2/c1-10-9-12(16-8-7-15)14(13-10)11-5-3-2-4-6-11/h2-6,9,15H,7-8H2,1H3. The quantitative estimate of drug-likeness (QED) is 0.847. The van der Waals surface area contributed by atoms with E-state index in [1.807, 2.05) is 43.3 Å². The highest BCUT2D eigenvalue weighted by molar-refractivity contribution is 5.35. The largest absolute Gasteiger partial charge is 0.475 e. The monoisotopic (exact) mass is 218 g/mol. The van der Waals surface area contributed by atoms with Crippen molar-refractivity contribution in [2.24, 2.45) is 0 Å². The number of ether oxygens (including phenoxy) is 1. The van der Waals surface area contributed by atoms with Crippen molar-refractivity contribution in [2.75, 3.05) is 13.2 Å². The molecule has 0 aliphatic heterocycles. The van der Waals surface area contributed by atoms with Crippen molar-refractivity contribution >= 4 is 0 Å². The summed E-state index contributed by atoms with van der Waals surface area (Å²) in [5.41, 5.74) is 1.83. The Morgan fingerprint density at radius 1 is 1.31 bits per heavy atom. The van der Waals surface area contributed by atoms with Crippen molar-refractivity contribution in [2.45, 2.75) is 6.92 Å². The van der Waals surface area contributed by atoms with Crippen LogP contribution in [0.5, 0.6) is 5.88 Å². The minimum atomic E-state index is -0.000975. The number of nitrogens with zero attached hydrogens (tertiary/aromatic N) is 2. The van der Waals surface area contributed by atoms with E-state index in [-0.39, 0.29) is 13.2 Å². The Balaban J connectivity index is 2.33. The maximum absolute atomic E-state index is 8.74. The number of para-hydroxylation sites is 1. The second kappa shape index (κ2) is 4.81. The summed E-state index contributed by atoms with van der Waals surface area (Å²) in [7, 11) is 0. The van der Waals surface area contributed by atoms with Crippen molar-refractivity contribution in [3.63, 3.8) is 0 Å². The van der Waals surface area contributed by atoms with E-state index in [0.29, 0.717) is 5.88 Å². The Labute approximate surface area is 94.1 Å². The second-order valence-corrected chi connectivity index (χ2v) is 3.44. The minimum Gasteiger partial charge on any atom is -0.475 e. The molecule has 4 nitrogen and oxygen atoms in total. The predicted molar refractivity (Wildman–Crippen MR) is 60.9 cm³/mol. The molecule has 0 spiro atoms. The molecule has 0 unspecified atom stereocenters. The molecule has 2 rings (SSSR count). The highest BCUT2D eigenvalue weighted by Crippen LogP contribution is 2.18. The van der Waals surface area contributed by atoms with E-state index in [4.69, 9.17) is 9.84 Å². The highest BCUT2D eigenvalue weighted by atomic mass is 16.5. The zero-order valence-electron chi connectivity index (χ0n) is 9.13. The molecule has 84 valence electrons. The Morgan fingerprint density at radius 3 is 2.75 bits per heavy atom. The van der Waals surface area contributed by atoms with Gasteiger partial charge in [0.15, 0.2) is 0 Å². The average molecular weight is 218 g/mol. The van der Waals surface area contributed by atoms with Crippen LogP contribution in [0.4, 0.5) is 0 Å². The molecule has 0 amide bonds.